The lowest BCUT2D eigenvalue weighted by Crippen LogP contribution is -2.33. The molecule has 4 aromatic rings. The number of carbonyl (C=O) groups excluding carboxylic acids is 3. The molecule has 1 aliphatic heterocycles. The van der Waals surface area contributed by atoms with Gasteiger partial charge in [-0.3, -0.25) is 14.4 Å². The molecule has 2 unspecified atom stereocenters. The number of rotatable bonds is 5. The van der Waals surface area contributed by atoms with Gasteiger partial charge in [-0.25, -0.2) is 9.59 Å². The number of ketones is 1. The Balaban J connectivity index is 0.000000223. The molecule has 2 aromatic heterocycles. The summed E-state index contributed by atoms with van der Waals surface area (Å²) in [6.45, 7) is 1.96. The second kappa shape index (κ2) is 11.7. The first-order chi connectivity index (χ1) is 20.6. The average molecular weight is 614 g/mol. The van der Waals surface area contributed by atoms with Gasteiger partial charge in [0, 0.05) is 30.3 Å². The third-order valence-corrected chi connectivity index (χ3v) is 6.16. The second-order valence-electron chi connectivity index (χ2n) is 9.30. The molecule has 0 saturated heterocycles. The zero-order chi connectivity index (χ0) is 32.6. The van der Waals surface area contributed by atoms with Gasteiger partial charge in [-0.2, -0.15) is 0 Å². The minimum Gasteiger partial charge on any atom is -0.508 e. The molecule has 0 radical (unpaired) electrons. The van der Waals surface area contributed by atoms with Gasteiger partial charge in [-0.1, -0.05) is 0 Å². The molecular formula is C28H22O16. The number of esters is 2. The van der Waals surface area contributed by atoms with Crippen molar-refractivity contribution in [3.63, 3.8) is 0 Å². The SMILES string of the molecule is CC(=O)c1c(C)oc2cc(O)cc(O)c2c1=O.O=C1OC(C(O)COC(=O)c2cc(=O)c3c(O)cc(O)cc3o2)C(O)=C1O. The van der Waals surface area contributed by atoms with Gasteiger partial charge in [0.15, 0.2) is 23.1 Å². The van der Waals surface area contributed by atoms with Gasteiger partial charge in [0.05, 0.1) is 0 Å². The standard InChI is InChI=1S/C16H12O11.C12H10O5/c17-5-1-6(18)11-7(19)3-10(26-9(11)2-5)15(23)25-4-8(20)14-12(21)13(22)16(24)27-14;1-5(13)10-6(2)17-9-4-7(14)3-8(15)11(9)12(10)16/h1-3,8,14,17-18,20-22H,4H2;3-4,14-15H,1-2H3. The maximum absolute atomic E-state index is 12.0. The Labute approximate surface area is 243 Å². The number of hydrogen-bond donors (Lipinski definition) is 7. The molecule has 1 aliphatic rings. The van der Waals surface area contributed by atoms with E-state index in [1.54, 1.807) is 0 Å². The zero-order valence-corrected chi connectivity index (χ0v) is 22.6. The summed E-state index contributed by atoms with van der Waals surface area (Å²) >= 11 is 0. The summed E-state index contributed by atoms with van der Waals surface area (Å²) in [5, 5.41) is 66.1. The quantitative estimate of drug-likeness (QED) is 0.124. The Kier molecular flexibility index (Phi) is 8.21. The van der Waals surface area contributed by atoms with Crippen molar-refractivity contribution in [3.8, 4) is 23.0 Å². The van der Waals surface area contributed by atoms with E-state index in [0.29, 0.717) is 0 Å². The molecule has 16 heteroatoms. The predicted molar refractivity (Wildman–Crippen MR) is 145 cm³/mol. The van der Waals surface area contributed by atoms with E-state index in [-0.39, 0.29) is 39.0 Å². The molecule has 0 aliphatic carbocycles. The normalized spacial score (nSPS) is 15.1. The van der Waals surface area contributed by atoms with Crippen LogP contribution >= 0.6 is 0 Å². The van der Waals surface area contributed by atoms with Gasteiger partial charge in [-0.05, 0) is 13.8 Å². The minimum absolute atomic E-state index is 0.0509. The first-order valence-electron chi connectivity index (χ1n) is 12.3. The zero-order valence-electron chi connectivity index (χ0n) is 22.6. The van der Waals surface area contributed by atoms with Crippen molar-refractivity contribution in [2.24, 2.45) is 0 Å². The Morgan fingerprint density at radius 1 is 0.864 bits per heavy atom. The van der Waals surface area contributed by atoms with Crippen molar-refractivity contribution in [2.75, 3.05) is 6.61 Å². The number of ether oxygens (including phenoxy) is 2. The third-order valence-electron chi connectivity index (χ3n) is 6.16. The Bertz CT molecular complexity index is 2000. The molecule has 0 bridgehead atoms. The number of aliphatic hydroxyl groups is 3. The fraction of sp³-hybridized carbons (Fsp3) is 0.179. The van der Waals surface area contributed by atoms with E-state index in [9.17, 15) is 54.6 Å². The summed E-state index contributed by atoms with van der Waals surface area (Å²) < 4.78 is 19.6. The average Bonchev–Trinajstić information content (AvgIpc) is 3.17. The number of Topliss-reactive ketones (excluding diaryl/α,β-unsaturated/α-hetero) is 1. The Morgan fingerprint density at radius 2 is 1.43 bits per heavy atom. The molecule has 0 saturated carbocycles. The van der Waals surface area contributed by atoms with Crippen LogP contribution in [0.3, 0.4) is 0 Å². The largest absolute Gasteiger partial charge is 0.508 e. The molecule has 0 spiro atoms. The maximum Gasteiger partial charge on any atom is 0.377 e. The lowest BCUT2D eigenvalue weighted by molar-refractivity contribution is -0.147. The van der Waals surface area contributed by atoms with Crippen LogP contribution in [0.15, 0.2) is 60.3 Å². The summed E-state index contributed by atoms with van der Waals surface area (Å²) in [5.41, 5.74) is -1.68. The molecule has 5 rings (SSSR count). The smallest absolute Gasteiger partial charge is 0.377 e. The minimum atomic E-state index is -1.71. The monoisotopic (exact) mass is 614 g/mol. The molecule has 0 fully saturated rings. The number of aryl methyl sites for hydroxylation is 1. The molecule has 230 valence electrons. The molecule has 44 heavy (non-hydrogen) atoms. The Hall–Kier alpha value is -6.03. The molecule has 3 heterocycles. The number of fused-ring (bicyclic) bond motifs is 2. The number of carbonyl (C=O) groups is 3. The van der Waals surface area contributed by atoms with Gasteiger partial charge < -0.3 is 54.1 Å². The van der Waals surface area contributed by atoms with E-state index in [1.807, 2.05) is 0 Å². The topological polar surface area (TPSA) is 272 Å². The van der Waals surface area contributed by atoms with E-state index in [0.717, 1.165) is 24.3 Å². The van der Waals surface area contributed by atoms with E-state index in [4.69, 9.17) is 18.7 Å². The number of phenolic OH excluding ortho intramolecular Hbond substituents is 4. The van der Waals surface area contributed by atoms with Crippen LogP contribution in [-0.4, -0.2) is 72.3 Å². The summed E-state index contributed by atoms with van der Waals surface area (Å²) in [5.74, 6) is -6.83. The van der Waals surface area contributed by atoms with Crippen LogP contribution in [-0.2, 0) is 14.3 Å². The summed E-state index contributed by atoms with van der Waals surface area (Å²) in [6, 6.07) is 4.91. The highest BCUT2D eigenvalue weighted by Gasteiger charge is 2.39. The van der Waals surface area contributed by atoms with Crippen molar-refractivity contribution in [1.82, 2.24) is 0 Å². The molecule has 2 atom stereocenters. The lowest BCUT2D eigenvalue weighted by atomic mass is 10.1. The summed E-state index contributed by atoms with van der Waals surface area (Å²) in [6.07, 6.45) is -3.33. The van der Waals surface area contributed by atoms with Crippen LogP contribution in [0, 0.1) is 6.92 Å². The molecular weight excluding hydrogens is 592 g/mol. The highest BCUT2D eigenvalue weighted by Crippen LogP contribution is 2.30. The van der Waals surface area contributed by atoms with Crippen LogP contribution in [0.25, 0.3) is 21.9 Å². The first-order valence-corrected chi connectivity index (χ1v) is 12.3. The number of hydrogen-bond acceptors (Lipinski definition) is 16. The Morgan fingerprint density at radius 3 is 1.98 bits per heavy atom. The first kappa shape index (κ1) is 30.9. The molecule has 2 aromatic carbocycles. The predicted octanol–water partition coefficient (Wildman–Crippen LogP) is 1.69. The van der Waals surface area contributed by atoms with E-state index >= 15 is 0 Å². The number of phenols is 4. The van der Waals surface area contributed by atoms with Gasteiger partial charge in [-0.15, -0.1) is 0 Å². The van der Waals surface area contributed by atoms with Crippen LogP contribution in [0.1, 0.15) is 33.6 Å². The highest BCUT2D eigenvalue weighted by atomic mass is 16.6. The van der Waals surface area contributed by atoms with Crippen molar-refractivity contribution >= 4 is 39.7 Å². The van der Waals surface area contributed by atoms with Gasteiger partial charge in [0.25, 0.3) is 0 Å². The van der Waals surface area contributed by atoms with E-state index in [1.165, 1.54) is 19.9 Å². The number of cyclic esters (lactones) is 1. The number of aliphatic hydroxyl groups excluding tert-OH is 3. The van der Waals surface area contributed by atoms with Crippen LogP contribution in [0.4, 0.5) is 0 Å². The third kappa shape index (κ3) is 5.82. The maximum atomic E-state index is 12.0. The fourth-order valence-electron chi connectivity index (χ4n) is 4.21. The summed E-state index contributed by atoms with van der Waals surface area (Å²) in [4.78, 5) is 58.4. The number of aromatic hydroxyl groups is 4. The fourth-order valence-corrected chi connectivity index (χ4v) is 4.21. The second-order valence-corrected chi connectivity index (χ2v) is 9.30. The van der Waals surface area contributed by atoms with E-state index in [2.05, 4.69) is 4.74 Å². The van der Waals surface area contributed by atoms with Crippen LogP contribution in [0.5, 0.6) is 23.0 Å². The molecule has 16 nitrogen and oxygen atoms in total. The number of benzene rings is 2. The molecule has 0 amide bonds. The van der Waals surface area contributed by atoms with E-state index < -0.39 is 81.9 Å². The van der Waals surface area contributed by atoms with Crippen molar-refractivity contribution in [3.05, 3.63) is 79.4 Å². The van der Waals surface area contributed by atoms with Crippen molar-refractivity contribution < 1.29 is 68.4 Å². The van der Waals surface area contributed by atoms with Crippen molar-refractivity contribution in [1.29, 1.82) is 0 Å². The highest BCUT2D eigenvalue weighted by molar-refractivity contribution is 5.99. The lowest BCUT2D eigenvalue weighted by Gasteiger charge is -2.16. The van der Waals surface area contributed by atoms with Crippen LogP contribution in [0.2, 0.25) is 0 Å². The van der Waals surface area contributed by atoms with Gasteiger partial charge in [0.2, 0.25) is 16.9 Å². The van der Waals surface area contributed by atoms with Gasteiger partial charge >= 0.3 is 11.9 Å². The van der Waals surface area contributed by atoms with Gasteiger partial charge in [0.1, 0.15) is 69.0 Å². The molecule has 7 N–H and O–H groups in total. The van der Waals surface area contributed by atoms with Crippen LogP contribution < -0.4 is 10.9 Å². The van der Waals surface area contributed by atoms with Crippen molar-refractivity contribution in [2.45, 2.75) is 26.1 Å². The summed E-state index contributed by atoms with van der Waals surface area (Å²) in [7, 11) is 0.